The maximum Gasteiger partial charge on any atom is 0.352 e. The van der Waals surface area contributed by atoms with Crippen LogP contribution in [-0.2, 0) is 10.7 Å². The number of anilines is 1. The van der Waals surface area contributed by atoms with Crippen molar-refractivity contribution in [1.29, 1.82) is 0 Å². The molecule has 9 heteroatoms. The Morgan fingerprint density at radius 1 is 1.10 bits per heavy atom. The Labute approximate surface area is 169 Å². The van der Waals surface area contributed by atoms with Gasteiger partial charge in [-0.15, -0.1) is 0 Å². The van der Waals surface area contributed by atoms with Crippen LogP contribution in [0.1, 0.15) is 27.9 Å². The van der Waals surface area contributed by atoms with Crippen molar-refractivity contribution in [3.8, 4) is 0 Å². The number of nitrogens with zero attached hydrogens (tertiary/aromatic N) is 1. The molecule has 0 aromatic heterocycles. The Kier molecular flexibility index (Phi) is 6.00. The van der Waals surface area contributed by atoms with Crippen LogP contribution in [0.2, 0.25) is 0 Å². The third-order valence-electron chi connectivity index (χ3n) is 4.44. The van der Waals surface area contributed by atoms with Gasteiger partial charge in [0, 0.05) is 29.6 Å². The number of aryl methyl sites for hydroxylation is 1. The van der Waals surface area contributed by atoms with Crippen LogP contribution in [0.3, 0.4) is 0 Å². The molecule has 2 aromatic carbocycles. The van der Waals surface area contributed by atoms with Crippen molar-refractivity contribution in [1.82, 2.24) is 5.32 Å². The third kappa shape index (κ3) is 4.56. The minimum atomic E-state index is -4.21. The minimum Gasteiger partial charge on any atom is -0.345 e. The van der Waals surface area contributed by atoms with Crippen molar-refractivity contribution < 1.29 is 27.2 Å². The van der Waals surface area contributed by atoms with Gasteiger partial charge in [-0.2, -0.15) is 8.78 Å². The lowest BCUT2D eigenvalue weighted by Gasteiger charge is -2.18. The molecule has 2 amide bonds. The Hall–Kier alpha value is -3.49. The van der Waals surface area contributed by atoms with E-state index in [4.69, 9.17) is 0 Å². The molecule has 0 spiro atoms. The largest absolute Gasteiger partial charge is 0.352 e. The molecule has 0 aliphatic carbocycles. The Bertz CT molecular complexity index is 1060. The number of alkyl halides is 2. The summed E-state index contributed by atoms with van der Waals surface area (Å²) in [6.45, 7) is 1.29. The smallest absolute Gasteiger partial charge is 0.345 e. The number of amides is 2. The maximum atomic E-state index is 14.6. The fraction of sp³-hybridized carbons (Fsp3) is 0.190. The second-order valence-electron chi connectivity index (χ2n) is 6.65. The Morgan fingerprint density at radius 3 is 2.50 bits per heavy atom. The average Bonchev–Trinajstić information content (AvgIpc) is 3.22. The quantitative estimate of drug-likeness (QED) is 0.693. The summed E-state index contributed by atoms with van der Waals surface area (Å²) >= 11 is 0. The van der Waals surface area contributed by atoms with Crippen LogP contribution >= 0.6 is 0 Å². The van der Waals surface area contributed by atoms with Crippen LogP contribution in [0, 0.1) is 18.6 Å². The van der Waals surface area contributed by atoms with Gasteiger partial charge in [-0.05, 0) is 48.9 Å². The van der Waals surface area contributed by atoms with Gasteiger partial charge in [0.2, 0.25) is 0 Å². The molecule has 2 aromatic rings. The summed E-state index contributed by atoms with van der Waals surface area (Å²) < 4.78 is 56.6. The molecule has 30 heavy (non-hydrogen) atoms. The van der Waals surface area contributed by atoms with Gasteiger partial charge in [0.1, 0.15) is 11.6 Å². The van der Waals surface area contributed by atoms with Crippen LogP contribution in [0.4, 0.5) is 23.2 Å². The van der Waals surface area contributed by atoms with Gasteiger partial charge in [-0.3, -0.25) is 14.6 Å². The molecule has 1 heterocycles. The van der Waals surface area contributed by atoms with E-state index in [1.54, 1.807) is 6.08 Å². The van der Waals surface area contributed by atoms with Crippen molar-refractivity contribution in [2.24, 2.45) is 4.99 Å². The first-order valence-electron chi connectivity index (χ1n) is 8.92. The van der Waals surface area contributed by atoms with Crippen molar-refractivity contribution in [3.05, 3.63) is 77.0 Å². The fourth-order valence-electron chi connectivity index (χ4n) is 2.77. The number of carbonyl (C=O) groups is 2. The van der Waals surface area contributed by atoms with Gasteiger partial charge in [0.25, 0.3) is 11.8 Å². The predicted octanol–water partition coefficient (Wildman–Crippen LogP) is 4.09. The number of rotatable bonds is 6. The van der Waals surface area contributed by atoms with Crippen molar-refractivity contribution in [2.75, 3.05) is 11.9 Å². The molecule has 2 N–H and O–H groups in total. The zero-order valence-electron chi connectivity index (χ0n) is 15.8. The molecule has 3 rings (SSSR count). The van der Waals surface area contributed by atoms with Crippen LogP contribution in [0.25, 0.3) is 0 Å². The highest BCUT2D eigenvalue weighted by Crippen LogP contribution is 2.31. The van der Waals surface area contributed by atoms with Crippen molar-refractivity contribution >= 4 is 23.2 Å². The number of allylic oxidation sites excluding steroid dienone is 1. The molecular weight excluding hydrogens is 402 g/mol. The van der Waals surface area contributed by atoms with Gasteiger partial charge in [0.15, 0.2) is 0 Å². The van der Waals surface area contributed by atoms with Crippen molar-refractivity contribution in [3.63, 3.8) is 0 Å². The van der Waals surface area contributed by atoms with E-state index in [-0.39, 0.29) is 23.4 Å². The number of carbonyl (C=O) groups excluding carboxylic acids is 2. The minimum absolute atomic E-state index is 0.201. The molecule has 0 saturated carbocycles. The predicted molar refractivity (Wildman–Crippen MR) is 104 cm³/mol. The Morgan fingerprint density at radius 2 is 1.83 bits per heavy atom. The van der Waals surface area contributed by atoms with Crippen LogP contribution in [0.5, 0.6) is 0 Å². The van der Waals surface area contributed by atoms with Gasteiger partial charge in [-0.1, -0.05) is 6.08 Å². The lowest BCUT2D eigenvalue weighted by atomic mass is 10.0. The van der Waals surface area contributed by atoms with E-state index in [1.807, 2.05) is 5.32 Å². The van der Waals surface area contributed by atoms with Gasteiger partial charge >= 0.3 is 5.92 Å². The van der Waals surface area contributed by atoms with Crippen LogP contribution < -0.4 is 10.6 Å². The molecule has 0 radical (unpaired) electrons. The molecule has 0 fully saturated rings. The SMILES string of the molecule is Cc1cc(NC(=O)c2ccc(F)c(C(F)(F)C(=O)NCC3=NC=CC3)c2)ccc1F. The molecule has 0 saturated heterocycles. The van der Waals surface area contributed by atoms with E-state index in [0.29, 0.717) is 24.3 Å². The van der Waals surface area contributed by atoms with E-state index in [0.717, 1.165) is 12.1 Å². The summed E-state index contributed by atoms with van der Waals surface area (Å²) in [5.41, 5.74) is -0.514. The topological polar surface area (TPSA) is 70.6 Å². The first-order chi connectivity index (χ1) is 14.2. The zero-order valence-corrected chi connectivity index (χ0v) is 15.8. The number of hydrogen-bond donors (Lipinski definition) is 2. The maximum absolute atomic E-state index is 14.6. The summed E-state index contributed by atoms with van der Waals surface area (Å²) in [7, 11) is 0. The summed E-state index contributed by atoms with van der Waals surface area (Å²) in [5, 5.41) is 4.45. The molecule has 1 aliphatic heterocycles. The van der Waals surface area contributed by atoms with Crippen LogP contribution in [-0.4, -0.2) is 24.1 Å². The molecule has 5 nitrogen and oxygen atoms in total. The van der Waals surface area contributed by atoms with E-state index in [2.05, 4.69) is 10.3 Å². The number of aliphatic imine (C=N–C) groups is 1. The zero-order chi connectivity index (χ0) is 21.9. The van der Waals surface area contributed by atoms with E-state index < -0.39 is 34.9 Å². The van der Waals surface area contributed by atoms with Crippen molar-refractivity contribution in [2.45, 2.75) is 19.3 Å². The Balaban J connectivity index is 1.78. The highest BCUT2D eigenvalue weighted by Gasteiger charge is 2.43. The highest BCUT2D eigenvalue weighted by molar-refractivity contribution is 6.04. The summed E-state index contributed by atoms with van der Waals surface area (Å²) in [6, 6.07) is 6.12. The third-order valence-corrected chi connectivity index (χ3v) is 4.44. The first-order valence-corrected chi connectivity index (χ1v) is 8.92. The lowest BCUT2D eigenvalue weighted by Crippen LogP contribution is -2.41. The molecule has 156 valence electrons. The van der Waals surface area contributed by atoms with E-state index in [9.17, 15) is 27.2 Å². The fourth-order valence-corrected chi connectivity index (χ4v) is 2.77. The summed E-state index contributed by atoms with van der Waals surface area (Å²) in [6.07, 6.45) is 3.62. The van der Waals surface area contributed by atoms with Gasteiger partial charge in [0.05, 0.1) is 12.1 Å². The summed E-state index contributed by atoms with van der Waals surface area (Å²) in [5.74, 6) is -8.53. The number of hydrogen-bond acceptors (Lipinski definition) is 3. The standard InChI is InChI=1S/C21H17F4N3O2/c1-12-9-14(5-7-17(12)22)28-19(29)13-4-6-18(23)16(10-13)21(24,25)20(30)27-11-15-3-2-8-26-15/h2,4-10H,3,11H2,1H3,(H,27,30)(H,28,29). The highest BCUT2D eigenvalue weighted by atomic mass is 19.3. The second kappa shape index (κ2) is 8.48. The van der Waals surface area contributed by atoms with E-state index in [1.165, 1.54) is 25.3 Å². The second-order valence-corrected chi connectivity index (χ2v) is 6.65. The number of nitrogens with one attached hydrogen (secondary N) is 2. The normalized spacial score (nSPS) is 13.2. The average molecular weight is 419 g/mol. The van der Waals surface area contributed by atoms with Gasteiger partial charge in [-0.25, -0.2) is 8.78 Å². The van der Waals surface area contributed by atoms with Crippen LogP contribution in [0.15, 0.2) is 53.7 Å². The molecule has 0 unspecified atom stereocenters. The summed E-state index contributed by atoms with van der Waals surface area (Å²) in [4.78, 5) is 28.2. The number of benzene rings is 2. The van der Waals surface area contributed by atoms with E-state index >= 15 is 0 Å². The lowest BCUT2D eigenvalue weighted by molar-refractivity contribution is -0.147. The molecular formula is C21H17F4N3O2. The molecule has 0 bridgehead atoms. The van der Waals surface area contributed by atoms with Gasteiger partial charge < -0.3 is 10.6 Å². The number of halogens is 4. The molecule has 1 aliphatic rings. The monoisotopic (exact) mass is 419 g/mol. The first kappa shape index (κ1) is 21.2. The molecule has 0 atom stereocenters.